The number of hydrogen-bond acceptors (Lipinski definition) is 4. The number of rotatable bonds is 6. The number of aromatic nitrogens is 2. The Balaban J connectivity index is 1.56. The summed E-state index contributed by atoms with van der Waals surface area (Å²) in [6, 6.07) is 4.80. The molecule has 24 heavy (non-hydrogen) atoms. The monoisotopic (exact) mass is 346 g/mol. The second-order valence-electron chi connectivity index (χ2n) is 6.10. The first kappa shape index (κ1) is 17.0. The molecule has 0 bridgehead atoms. The van der Waals surface area contributed by atoms with Crippen molar-refractivity contribution in [2.24, 2.45) is 12.0 Å². The Morgan fingerprint density at radius 2 is 2.21 bits per heavy atom. The fraction of sp³-hybridized carbons (Fsp3) is 0.529. The number of aliphatic imine (C=N–C) groups is 1. The van der Waals surface area contributed by atoms with Gasteiger partial charge in [-0.3, -0.25) is 14.6 Å². The van der Waals surface area contributed by atoms with Crippen LogP contribution < -0.4 is 10.6 Å². The van der Waals surface area contributed by atoms with E-state index in [9.17, 15) is 0 Å². The molecule has 0 spiro atoms. The van der Waals surface area contributed by atoms with E-state index in [1.807, 2.05) is 42.5 Å². The summed E-state index contributed by atoms with van der Waals surface area (Å²) in [4.78, 5) is 8.34. The van der Waals surface area contributed by atoms with E-state index in [2.05, 4.69) is 43.1 Å². The summed E-state index contributed by atoms with van der Waals surface area (Å²) in [5.74, 6) is 0.833. The van der Waals surface area contributed by atoms with E-state index >= 15 is 0 Å². The molecule has 1 fully saturated rings. The fourth-order valence-corrected chi connectivity index (χ4v) is 3.97. The van der Waals surface area contributed by atoms with Gasteiger partial charge in [0.1, 0.15) is 0 Å². The molecule has 1 unspecified atom stereocenters. The number of nitrogens with one attached hydrogen (secondary N) is 2. The first-order valence-electron chi connectivity index (χ1n) is 8.46. The second kappa shape index (κ2) is 8.30. The minimum atomic E-state index is 0.421. The highest BCUT2D eigenvalue weighted by molar-refractivity contribution is 7.10. The number of thiophene rings is 1. The molecule has 0 amide bonds. The summed E-state index contributed by atoms with van der Waals surface area (Å²) in [7, 11) is 3.74. The first-order chi connectivity index (χ1) is 11.8. The van der Waals surface area contributed by atoms with Crippen LogP contribution in [-0.2, 0) is 13.6 Å². The van der Waals surface area contributed by atoms with Crippen LogP contribution in [0, 0.1) is 0 Å². The number of aryl methyl sites for hydroxylation is 1. The van der Waals surface area contributed by atoms with E-state index in [4.69, 9.17) is 0 Å². The fourth-order valence-electron chi connectivity index (χ4n) is 3.11. The third kappa shape index (κ3) is 4.36. The lowest BCUT2D eigenvalue weighted by atomic mass is 10.2. The third-order valence-corrected chi connectivity index (χ3v) is 5.33. The van der Waals surface area contributed by atoms with Crippen LogP contribution in [0.1, 0.15) is 29.3 Å². The van der Waals surface area contributed by atoms with Crippen LogP contribution in [0.4, 0.5) is 0 Å². The highest BCUT2D eigenvalue weighted by Gasteiger charge is 2.24. The molecule has 0 saturated carbocycles. The van der Waals surface area contributed by atoms with Crippen molar-refractivity contribution in [1.29, 1.82) is 0 Å². The van der Waals surface area contributed by atoms with Crippen molar-refractivity contribution in [2.75, 3.05) is 26.7 Å². The molecule has 0 radical (unpaired) electrons. The minimum Gasteiger partial charge on any atom is -0.354 e. The van der Waals surface area contributed by atoms with Gasteiger partial charge in [-0.15, -0.1) is 11.3 Å². The lowest BCUT2D eigenvalue weighted by Gasteiger charge is -2.27. The Morgan fingerprint density at radius 1 is 1.38 bits per heavy atom. The van der Waals surface area contributed by atoms with Gasteiger partial charge in [-0.05, 0) is 37.4 Å². The van der Waals surface area contributed by atoms with Crippen molar-refractivity contribution in [2.45, 2.75) is 25.4 Å². The van der Waals surface area contributed by atoms with Gasteiger partial charge in [0, 0.05) is 43.8 Å². The molecule has 3 rings (SSSR count). The van der Waals surface area contributed by atoms with Gasteiger partial charge in [0.15, 0.2) is 5.96 Å². The van der Waals surface area contributed by atoms with Crippen molar-refractivity contribution in [3.63, 3.8) is 0 Å². The molecule has 1 aliphatic rings. The standard InChI is InChI=1S/C17H26N6S/c1-18-17(19-10-14-11-21-22(2)13-14)20-12-15(16-6-5-9-24-16)23-7-3-4-8-23/h5-6,9,11,13,15H,3-4,7-8,10,12H2,1-2H3,(H2,18,19,20). The van der Waals surface area contributed by atoms with Crippen molar-refractivity contribution in [3.05, 3.63) is 40.3 Å². The topological polar surface area (TPSA) is 57.5 Å². The zero-order valence-corrected chi connectivity index (χ0v) is 15.2. The summed E-state index contributed by atoms with van der Waals surface area (Å²) < 4.78 is 1.81. The lowest BCUT2D eigenvalue weighted by Crippen LogP contribution is -2.42. The lowest BCUT2D eigenvalue weighted by molar-refractivity contribution is 0.249. The highest BCUT2D eigenvalue weighted by Crippen LogP contribution is 2.27. The van der Waals surface area contributed by atoms with Crippen LogP contribution in [0.15, 0.2) is 34.9 Å². The first-order valence-corrected chi connectivity index (χ1v) is 9.33. The third-order valence-electron chi connectivity index (χ3n) is 4.36. The molecule has 2 aromatic heterocycles. The predicted molar refractivity (Wildman–Crippen MR) is 99.3 cm³/mol. The summed E-state index contributed by atoms with van der Waals surface area (Å²) in [6.45, 7) is 3.96. The maximum atomic E-state index is 4.34. The van der Waals surface area contributed by atoms with Gasteiger partial charge in [-0.25, -0.2) is 0 Å². The van der Waals surface area contributed by atoms with Gasteiger partial charge in [0.25, 0.3) is 0 Å². The molecular formula is C17H26N6S. The number of hydrogen-bond donors (Lipinski definition) is 2. The van der Waals surface area contributed by atoms with Gasteiger partial charge in [0.05, 0.1) is 12.2 Å². The average molecular weight is 347 g/mol. The summed E-state index contributed by atoms with van der Waals surface area (Å²) in [5.41, 5.74) is 1.15. The smallest absolute Gasteiger partial charge is 0.191 e. The molecule has 2 N–H and O–H groups in total. The van der Waals surface area contributed by atoms with Gasteiger partial charge in [-0.2, -0.15) is 5.10 Å². The van der Waals surface area contributed by atoms with Crippen LogP contribution in [0.25, 0.3) is 0 Å². The molecule has 2 aromatic rings. The SMILES string of the molecule is CN=C(NCc1cnn(C)c1)NCC(c1cccs1)N1CCCC1. The van der Waals surface area contributed by atoms with Crippen LogP contribution in [-0.4, -0.2) is 47.3 Å². The van der Waals surface area contributed by atoms with Crippen LogP contribution >= 0.6 is 11.3 Å². The molecule has 3 heterocycles. The molecule has 0 aliphatic carbocycles. The van der Waals surface area contributed by atoms with E-state index in [1.54, 1.807) is 0 Å². The minimum absolute atomic E-state index is 0.421. The maximum Gasteiger partial charge on any atom is 0.191 e. The van der Waals surface area contributed by atoms with Gasteiger partial charge < -0.3 is 10.6 Å². The summed E-state index contributed by atoms with van der Waals surface area (Å²) >= 11 is 1.84. The molecular weight excluding hydrogens is 320 g/mol. The molecule has 1 atom stereocenters. The zero-order valence-electron chi connectivity index (χ0n) is 14.4. The number of likely N-dealkylation sites (tertiary alicyclic amines) is 1. The number of guanidine groups is 1. The van der Waals surface area contributed by atoms with Crippen molar-refractivity contribution in [3.8, 4) is 0 Å². The summed E-state index contributed by atoms with van der Waals surface area (Å²) in [5, 5.41) is 13.2. The van der Waals surface area contributed by atoms with E-state index in [0.717, 1.165) is 24.6 Å². The Labute approximate surface area is 147 Å². The van der Waals surface area contributed by atoms with Crippen molar-refractivity contribution in [1.82, 2.24) is 25.3 Å². The van der Waals surface area contributed by atoms with E-state index in [0.29, 0.717) is 6.04 Å². The molecule has 0 aromatic carbocycles. The second-order valence-corrected chi connectivity index (χ2v) is 7.08. The summed E-state index contributed by atoms with van der Waals surface area (Å²) in [6.07, 6.45) is 6.49. The highest BCUT2D eigenvalue weighted by atomic mass is 32.1. The van der Waals surface area contributed by atoms with Gasteiger partial charge >= 0.3 is 0 Å². The quantitative estimate of drug-likeness (QED) is 0.620. The van der Waals surface area contributed by atoms with Gasteiger partial charge in [0.2, 0.25) is 0 Å². The van der Waals surface area contributed by atoms with Crippen LogP contribution in [0.2, 0.25) is 0 Å². The Hall–Kier alpha value is -1.86. The number of nitrogens with zero attached hydrogens (tertiary/aromatic N) is 4. The zero-order chi connectivity index (χ0) is 16.8. The maximum absolute atomic E-state index is 4.34. The Morgan fingerprint density at radius 3 is 2.83 bits per heavy atom. The van der Waals surface area contributed by atoms with Crippen molar-refractivity contribution >= 4 is 17.3 Å². The predicted octanol–water partition coefficient (Wildman–Crippen LogP) is 1.98. The molecule has 7 heteroatoms. The van der Waals surface area contributed by atoms with E-state index < -0.39 is 0 Å². The molecule has 1 saturated heterocycles. The average Bonchev–Trinajstić information content (AvgIpc) is 3.33. The molecule has 6 nitrogen and oxygen atoms in total. The Kier molecular flexibility index (Phi) is 5.87. The normalized spacial score (nSPS) is 17.2. The Bertz CT molecular complexity index is 642. The van der Waals surface area contributed by atoms with E-state index in [1.165, 1.54) is 30.8 Å². The van der Waals surface area contributed by atoms with E-state index in [-0.39, 0.29) is 0 Å². The largest absolute Gasteiger partial charge is 0.354 e. The van der Waals surface area contributed by atoms with Gasteiger partial charge in [-0.1, -0.05) is 6.07 Å². The van der Waals surface area contributed by atoms with Crippen molar-refractivity contribution < 1.29 is 0 Å². The molecule has 1 aliphatic heterocycles. The van der Waals surface area contributed by atoms with Crippen LogP contribution in [0.5, 0.6) is 0 Å². The molecule has 130 valence electrons. The van der Waals surface area contributed by atoms with Crippen LogP contribution in [0.3, 0.4) is 0 Å².